The van der Waals surface area contributed by atoms with Gasteiger partial charge in [-0.05, 0) is 18.9 Å². The van der Waals surface area contributed by atoms with Gasteiger partial charge in [-0.15, -0.1) is 0 Å². The van der Waals surface area contributed by atoms with Crippen molar-refractivity contribution in [3.8, 4) is 5.88 Å². The second-order valence-electron chi connectivity index (χ2n) is 3.99. The van der Waals surface area contributed by atoms with Crippen LogP contribution in [-0.2, 0) is 4.79 Å². The molecule has 0 unspecified atom stereocenters. The maximum atomic E-state index is 12.0. The largest absolute Gasteiger partial charge is 0.481 e. The number of carbonyl (C=O) groups is 1. The number of nitrogens with two attached hydrogens (primary N) is 1. The van der Waals surface area contributed by atoms with Gasteiger partial charge in [-0.1, -0.05) is 12.2 Å². The van der Waals surface area contributed by atoms with Crippen LogP contribution < -0.4 is 15.8 Å². The van der Waals surface area contributed by atoms with Crippen LogP contribution in [0.25, 0.3) is 0 Å². The lowest BCUT2D eigenvalue weighted by Gasteiger charge is -2.13. The SMILES string of the molecule is COc1cc(NC(=O)C2(C(N)=S)CC2)ccn1. The van der Waals surface area contributed by atoms with Gasteiger partial charge in [0, 0.05) is 18.0 Å². The first-order valence-corrected chi connectivity index (χ1v) is 5.61. The normalized spacial score (nSPS) is 16.1. The predicted octanol–water partition coefficient (Wildman–Crippen LogP) is 1.09. The summed E-state index contributed by atoms with van der Waals surface area (Å²) in [7, 11) is 1.52. The Balaban J connectivity index is 2.11. The minimum atomic E-state index is -0.647. The highest BCUT2D eigenvalue weighted by molar-refractivity contribution is 7.80. The van der Waals surface area contributed by atoms with Gasteiger partial charge >= 0.3 is 0 Å². The maximum Gasteiger partial charge on any atom is 0.237 e. The Morgan fingerprint density at radius 2 is 2.35 bits per heavy atom. The van der Waals surface area contributed by atoms with Crippen molar-refractivity contribution < 1.29 is 9.53 Å². The van der Waals surface area contributed by atoms with Gasteiger partial charge < -0.3 is 15.8 Å². The molecule has 0 atom stereocenters. The molecule has 0 radical (unpaired) electrons. The number of anilines is 1. The Hall–Kier alpha value is -1.69. The number of pyridine rings is 1. The minimum Gasteiger partial charge on any atom is -0.481 e. The number of hydrogen-bond acceptors (Lipinski definition) is 4. The fourth-order valence-electron chi connectivity index (χ4n) is 1.56. The van der Waals surface area contributed by atoms with Crippen LogP contribution >= 0.6 is 12.2 Å². The van der Waals surface area contributed by atoms with Crippen LogP contribution in [0.15, 0.2) is 18.3 Å². The topological polar surface area (TPSA) is 77.2 Å². The van der Waals surface area contributed by atoms with E-state index < -0.39 is 5.41 Å². The molecule has 1 heterocycles. The second-order valence-corrected chi connectivity index (χ2v) is 4.43. The highest BCUT2D eigenvalue weighted by atomic mass is 32.1. The van der Waals surface area contributed by atoms with E-state index in [1.54, 1.807) is 18.3 Å². The summed E-state index contributed by atoms with van der Waals surface area (Å²) in [6.07, 6.45) is 3.00. The Kier molecular flexibility index (Phi) is 2.97. The first kappa shape index (κ1) is 11.8. The van der Waals surface area contributed by atoms with E-state index in [-0.39, 0.29) is 10.9 Å². The number of rotatable bonds is 4. The quantitative estimate of drug-likeness (QED) is 0.783. The Morgan fingerprint density at radius 1 is 1.65 bits per heavy atom. The molecule has 0 spiro atoms. The molecule has 3 N–H and O–H groups in total. The average molecular weight is 251 g/mol. The zero-order valence-corrected chi connectivity index (χ0v) is 10.2. The van der Waals surface area contributed by atoms with Gasteiger partial charge in [0.05, 0.1) is 17.5 Å². The molecule has 1 saturated carbocycles. The van der Waals surface area contributed by atoms with Crippen molar-refractivity contribution in [1.82, 2.24) is 4.98 Å². The third-order valence-corrected chi connectivity index (χ3v) is 3.25. The molecule has 0 bridgehead atoms. The van der Waals surface area contributed by atoms with E-state index in [1.807, 2.05) is 0 Å². The number of thiocarbonyl (C=S) groups is 1. The molecule has 1 amide bonds. The van der Waals surface area contributed by atoms with E-state index in [1.165, 1.54) is 7.11 Å². The monoisotopic (exact) mass is 251 g/mol. The maximum absolute atomic E-state index is 12.0. The van der Waals surface area contributed by atoms with E-state index in [0.29, 0.717) is 11.6 Å². The van der Waals surface area contributed by atoms with Crippen molar-refractivity contribution in [2.75, 3.05) is 12.4 Å². The molecule has 0 saturated heterocycles. The molecule has 6 heteroatoms. The van der Waals surface area contributed by atoms with Crippen LogP contribution in [0.2, 0.25) is 0 Å². The van der Waals surface area contributed by atoms with Crippen LogP contribution in [0, 0.1) is 5.41 Å². The molecule has 1 aromatic rings. The van der Waals surface area contributed by atoms with Crippen molar-refractivity contribution in [2.45, 2.75) is 12.8 Å². The van der Waals surface area contributed by atoms with Crippen molar-refractivity contribution in [3.63, 3.8) is 0 Å². The molecule has 1 aromatic heterocycles. The fourth-order valence-corrected chi connectivity index (χ4v) is 1.86. The first-order chi connectivity index (χ1) is 8.08. The fraction of sp³-hybridized carbons (Fsp3) is 0.364. The number of aromatic nitrogens is 1. The van der Waals surface area contributed by atoms with Gasteiger partial charge in [0.1, 0.15) is 0 Å². The van der Waals surface area contributed by atoms with E-state index in [0.717, 1.165) is 12.8 Å². The minimum absolute atomic E-state index is 0.154. The van der Waals surface area contributed by atoms with E-state index in [2.05, 4.69) is 10.3 Å². The van der Waals surface area contributed by atoms with Crippen LogP contribution in [0.5, 0.6) is 5.88 Å². The standard InChI is InChI=1S/C11H13N3O2S/c1-16-8-6-7(2-5-13-8)14-10(15)11(3-4-11)9(12)17/h2,5-6H,3-4H2,1H3,(H2,12,17)(H,13,14,15). The van der Waals surface area contributed by atoms with Gasteiger partial charge in [-0.2, -0.15) is 0 Å². The number of carbonyl (C=O) groups excluding carboxylic acids is 1. The number of nitrogens with one attached hydrogen (secondary N) is 1. The Morgan fingerprint density at radius 3 is 2.88 bits per heavy atom. The average Bonchev–Trinajstić information content (AvgIpc) is 3.10. The highest BCUT2D eigenvalue weighted by Gasteiger charge is 2.52. The van der Waals surface area contributed by atoms with Gasteiger partial charge in [0.2, 0.25) is 11.8 Å². The lowest BCUT2D eigenvalue weighted by Crippen LogP contribution is -2.35. The summed E-state index contributed by atoms with van der Waals surface area (Å²) in [6.45, 7) is 0. The molecule has 2 rings (SSSR count). The van der Waals surface area contributed by atoms with Crippen LogP contribution in [-0.4, -0.2) is 23.0 Å². The third kappa shape index (κ3) is 2.21. The van der Waals surface area contributed by atoms with Crippen molar-refractivity contribution in [3.05, 3.63) is 18.3 Å². The zero-order valence-electron chi connectivity index (χ0n) is 9.40. The summed E-state index contributed by atoms with van der Waals surface area (Å²) in [6, 6.07) is 3.34. The molecule has 1 fully saturated rings. The highest BCUT2D eigenvalue weighted by Crippen LogP contribution is 2.46. The molecule has 5 nitrogen and oxygen atoms in total. The number of ether oxygens (including phenoxy) is 1. The molecule has 17 heavy (non-hydrogen) atoms. The molecule has 0 aliphatic heterocycles. The van der Waals surface area contributed by atoms with Gasteiger partial charge in [-0.25, -0.2) is 4.98 Å². The van der Waals surface area contributed by atoms with E-state index in [9.17, 15) is 4.79 Å². The summed E-state index contributed by atoms with van der Waals surface area (Å²) in [5.41, 5.74) is 5.56. The summed E-state index contributed by atoms with van der Waals surface area (Å²) < 4.78 is 4.97. The van der Waals surface area contributed by atoms with E-state index >= 15 is 0 Å². The van der Waals surface area contributed by atoms with Gasteiger partial charge in [-0.3, -0.25) is 4.79 Å². The second kappa shape index (κ2) is 4.29. The van der Waals surface area contributed by atoms with Crippen LogP contribution in [0.1, 0.15) is 12.8 Å². The summed E-state index contributed by atoms with van der Waals surface area (Å²) >= 11 is 4.92. The van der Waals surface area contributed by atoms with Crippen molar-refractivity contribution >= 4 is 28.8 Å². The number of hydrogen-bond donors (Lipinski definition) is 2. The van der Waals surface area contributed by atoms with Crippen LogP contribution in [0.3, 0.4) is 0 Å². The lowest BCUT2D eigenvalue weighted by molar-refractivity contribution is -0.118. The number of methoxy groups -OCH3 is 1. The molecule has 0 aromatic carbocycles. The Bertz CT molecular complexity index is 472. The Labute approximate surface area is 104 Å². The summed E-state index contributed by atoms with van der Waals surface area (Å²) in [5, 5.41) is 2.77. The molecule has 1 aliphatic rings. The molecular formula is C11H13N3O2S. The number of nitrogens with zero attached hydrogens (tertiary/aromatic N) is 1. The van der Waals surface area contributed by atoms with E-state index in [4.69, 9.17) is 22.7 Å². The van der Waals surface area contributed by atoms with Crippen molar-refractivity contribution in [2.24, 2.45) is 11.1 Å². The first-order valence-electron chi connectivity index (χ1n) is 5.20. The smallest absolute Gasteiger partial charge is 0.237 e. The molecular weight excluding hydrogens is 238 g/mol. The molecule has 1 aliphatic carbocycles. The summed E-state index contributed by atoms with van der Waals surface area (Å²) in [5.74, 6) is 0.293. The van der Waals surface area contributed by atoms with Gasteiger partial charge in [0.25, 0.3) is 0 Å². The third-order valence-electron chi connectivity index (χ3n) is 2.86. The predicted molar refractivity (Wildman–Crippen MR) is 67.9 cm³/mol. The van der Waals surface area contributed by atoms with Crippen molar-refractivity contribution in [1.29, 1.82) is 0 Å². The summed E-state index contributed by atoms with van der Waals surface area (Å²) in [4.78, 5) is 16.2. The lowest BCUT2D eigenvalue weighted by atomic mass is 10.1. The zero-order chi connectivity index (χ0) is 12.5. The van der Waals surface area contributed by atoms with Gasteiger partial charge in [0.15, 0.2) is 0 Å². The molecule has 90 valence electrons. The number of amides is 1. The van der Waals surface area contributed by atoms with Crippen LogP contribution in [0.4, 0.5) is 5.69 Å².